The van der Waals surface area contributed by atoms with Gasteiger partial charge in [0.2, 0.25) is 5.82 Å². The van der Waals surface area contributed by atoms with E-state index in [-0.39, 0.29) is 0 Å². The van der Waals surface area contributed by atoms with Crippen molar-refractivity contribution in [2.24, 2.45) is 0 Å². The molecular formula is C9H6F5NO2. The van der Waals surface area contributed by atoms with Gasteiger partial charge < -0.3 is 10.4 Å². The normalized spacial score (nSPS) is 12.4. The van der Waals surface area contributed by atoms with E-state index in [0.29, 0.717) is 0 Å². The van der Waals surface area contributed by atoms with Gasteiger partial charge in [-0.3, -0.25) is 4.79 Å². The van der Waals surface area contributed by atoms with Gasteiger partial charge in [0, 0.05) is 0 Å². The number of hydrogen-bond acceptors (Lipinski definition) is 2. The van der Waals surface area contributed by atoms with Crippen LogP contribution in [0.3, 0.4) is 0 Å². The molecule has 0 saturated heterocycles. The average molecular weight is 255 g/mol. The third-order valence-electron chi connectivity index (χ3n) is 1.94. The Hall–Kier alpha value is -1.86. The average Bonchev–Trinajstić information content (AvgIpc) is 2.29. The van der Waals surface area contributed by atoms with Gasteiger partial charge in [0.15, 0.2) is 23.3 Å². The number of rotatable bonds is 3. The molecule has 17 heavy (non-hydrogen) atoms. The third-order valence-corrected chi connectivity index (χ3v) is 1.94. The van der Waals surface area contributed by atoms with E-state index in [4.69, 9.17) is 5.11 Å². The van der Waals surface area contributed by atoms with E-state index in [2.05, 4.69) is 0 Å². The van der Waals surface area contributed by atoms with E-state index in [1.807, 2.05) is 0 Å². The van der Waals surface area contributed by atoms with E-state index < -0.39 is 46.8 Å². The van der Waals surface area contributed by atoms with Crippen LogP contribution in [0.2, 0.25) is 0 Å². The Bertz CT molecular complexity index is 448. The number of anilines is 1. The monoisotopic (exact) mass is 255 g/mol. The van der Waals surface area contributed by atoms with Gasteiger partial charge in [-0.2, -0.15) is 0 Å². The minimum absolute atomic E-state index is 0.986. The maximum atomic E-state index is 13.0. The maximum absolute atomic E-state index is 13.0. The number of aliphatic carboxylic acids is 1. The quantitative estimate of drug-likeness (QED) is 0.495. The molecule has 8 heteroatoms. The summed E-state index contributed by atoms with van der Waals surface area (Å²) in [6.07, 6.45) is 0. The number of carboxylic acids is 1. The van der Waals surface area contributed by atoms with E-state index in [1.165, 1.54) is 0 Å². The molecule has 0 aromatic heterocycles. The molecule has 1 aromatic carbocycles. The van der Waals surface area contributed by atoms with Crippen LogP contribution in [0.4, 0.5) is 27.6 Å². The summed E-state index contributed by atoms with van der Waals surface area (Å²) in [5.74, 6) is -12.3. The van der Waals surface area contributed by atoms with Gasteiger partial charge in [0.25, 0.3) is 0 Å². The predicted molar refractivity (Wildman–Crippen MR) is 47.0 cm³/mol. The first-order valence-corrected chi connectivity index (χ1v) is 4.28. The van der Waals surface area contributed by atoms with Crippen LogP contribution in [0.5, 0.6) is 0 Å². The molecule has 0 fully saturated rings. The fourth-order valence-electron chi connectivity index (χ4n) is 1.01. The lowest BCUT2D eigenvalue weighted by Gasteiger charge is -2.13. The van der Waals surface area contributed by atoms with Gasteiger partial charge in [0.1, 0.15) is 11.7 Å². The Morgan fingerprint density at radius 1 is 1.00 bits per heavy atom. The van der Waals surface area contributed by atoms with Crippen LogP contribution in [-0.4, -0.2) is 17.1 Å². The van der Waals surface area contributed by atoms with Crippen LogP contribution in [-0.2, 0) is 4.79 Å². The van der Waals surface area contributed by atoms with Gasteiger partial charge >= 0.3 is 5.97 Å². The van der Waals surface area contributed by atoms with Crippen molar-refractivity contribution in [2.75, 3.05) is 5.32 Å². The Morgan fingerprint density at radius 2 is 1.35 bits per heavy atom. The molecule has 1 rings (SSSR count). The lowest BCUT2D eigenvalue weighted by atomic mass is 10.2. The number of carboxylic acid groups (broad SMARTS) is 1. The summed E-state index contributed by atoms with van der Waals surface area (Å²) in [6.45, 7) is 0.986. The molecule has 0 saturated carbocycles. The van der Waals surface area contributed by atoms with Gasteiger partial charge in [-0.1, -0.05) is 0 Å². The molecule has 0 bridgehead atoms. The van der Waals surface area contributed by atoms with Gasteiger partial charge in [-0.05, 0) is 6.92 Å². The summed E-state index contributed by atoms with van der Waals surface area (Å²) >= 11 is 0. The number of nitrogens with one attached hydrogen (secondary N) is 1. The fraction of sp³-hybridized carbons (Fsp3) is 0.222. The van der Waals surface area contributed by atoms with Crippen molar-refractivity contribution in [2.45, 2.75) is 13.0 Å². The van der Waals surface area contributed by atoms with E-state index in [1.54, 1.807) is 5.32 Å². The molecule has 0 aliphatic carbocycles. The molecular weight excluding hydrogens is 249 g/mol. The molecule has 0 radical (unpaired) electrons. The highest BCUT2D eigenvalue weighted by molar-refractivity contribution is 5.76. The molecule has 0 aliphatic heterocycles. The van der Waals surface area contributed by atoms with Gasteiger partial charge in [-0.25, -0.2) is 22.0 Å². The van der Waals surface area contributed by atoms with Crippen molar-refractivity contribution in [1.29, 1.82) is 0 Å². The summed E-state index contributed by atoms with van der Waals surface area (Å²) < 4.78 is 64.1. The van der Waals surface area contributed by atoms with Crippen LogP contribution >= 0.6 is 0 Å². The molecule has 1 aromatic rings. The molecule has 0 heterocycles. The Labute approximate surface area is 91.9 Å². The fourth-order valence-corrected chi connectivity index (χ4v) is 1.01. The first-order chi connectivity index (χ1) is 7.77. The number of benzene rings is 1. The molecule has 3 nitrogen and oxygen atoms in total. The summed E-state index contributed by atoms with van der Waals surface area (Å²) in [5.41, 5.74) is -1.36. The van der Waals surface area contributed by atoms with E-state index in [0.717, 1.165) is 6.92 Å². The maximum Gasteiger partial charge on any atom is 0.325 e. The van der Waals surface area contributed by atoms with Crippen molar-refractivity contribution in [3.8, 4) is 0 Å². The number of halogens is 5. The lowest BCUT2D eigenvalue weighted by Crippen LogP contribution is -2.27. The summed E-state index contributed by atoms with van der Waals surface area (Å²) in [5, 5.41) is 10.1. The molecule has 0 amide bonds. The van der Waals surface area contributed by atoms with Crippen LogP contribution < -0.4 is 5.32 Å². The molecule has 0 aliphatic rings. The minimum Gasteiger partial charge on any atom is -0.480 e. The highest BCUT2D eigenvalue weighted by Gasteiger charge is 2.27. The van der Waals surface area contributed by atoms with Crippen molar-refractivity contribution < 1.29 is 31.9 Å². The highest BCUT2D eigenvalue weighted by Crippen LogP contribution is 2.27. The van der Waals surface area contributed by atoms with Crippen molar-refractivity contribution in [3.05, 3.63) is 29.1 Å². The summed E-state index contributed by atoms with van der Waals surface area (Å²) in [4.78, 5) is 10.4. The van der Waals surface area contributed by atoms with Gasteiger partial charge in [0.05, 0.1) is 0 Å². The molecule has 1 unspecified atom stereocenters. The van der Waals surface area contributed by atoms with Crippen LogP contribution in [0.1, 0.15) is 6.92 Å². The molecule has 2 N–H and O–H groups in total. The van der Waals surface area contributed by atoms with Crippen LogP contribution in [0, 0.1) is 29.1 Å². The second kappa shape index (κ2) is 4.56. The zero-order chi connectivity index (χ0) is 13.3. The van der Waals surface area contributed by atoms with Crippen LogP contribution in [0.15, 0.2) is 0 Å². The first-order valence-electron chi connectivity index (χ1n) is 4.28. The third kappa shape index (κ3) is 2.29. The Balaban J connectivity index is 3.30. The first kappa shape index (κ1) is 13.2. The smallest absolute Gasteiger partial charge is 0.325 e. The lowest BCUT2D eigenvalue weighted by molar-refractivity contribution is -0.137. The Kier molecular flexibility index (Phi) is 3.54. The van der Waals surface area contributed by atoms with E-state index in [9.17, 15) is 26.7 Å². The van der Waals surface area contributed by atoms with Gasteiger partial charge in [-0.15, -0.1) is 0 Å². The van der Waals surface area contributed by atoms with Crippen molar-refractivity contribution in [1.82, 2.24) is 0 Å². The second-order valence-electron chi connectivity index (χ2n) is 3.15. The topological polar surface area (TPSA) is 49.3 Å². The molecule has 94 valence electrons. The minimum atomic E-state index is -2.30. The summed E-state index contributed by atoms with van der Waals surface area (Å²) in [6, 6.07) is -1.51. The Morgan fingerprint density at radius 3 is 1.71 bits per heavy atom. The van der Waals surface area contributed by atoms with Crippen LogP contribution in [0.25, 0.3) is 0 Å². The standard InChI is InChI=1S/C9H6F5NO2/c1-2(9(16)17)15-8-6(13)4(11)3(10)5(12)7(8)14/h2,15H,1H3,(H,16,17). The largest absolute Gasteiger partial charge is 0.480 e. The zero-order valence-corrected chi connectivity index (χ0v) is 8.32. The number of carbonyl (C=O) groups is 1. The second-order valence-corrected chi connectivity index (χ2v) is 3.15. The molecule has 0 spiro atoms. The summed E-state index contributed by atoms with van der Waals surface area (Å²) in [7, 11) is 0. The zero-order valence-electron chi connectivity index (χ0n) is 8.32. The van der Waals surface area contributed by atoms with Crippen molar-refractivity contribution >= 4 is 11.7 Å². The number of hydrogen-bond donors (Lipinski definition) is 2. The SMILES string of the molecule is CC(Nc1c(F)c(F)c(F)c(F)c1F)C(=O)O. The predicted octanol–water partition coefficient (Wildman–Crippen LogP) is 2.27. The van der Waals surface area contributed by atoms with E-state index >= 15 is 0 Å². The highest BCUT2D eigenvalue weighted by atomic mass is 19.2. The van der Waals surface area contributed by atoms with Crippen molar-refractivity contribution in [3.63, 3.8) is 0 Å². The molecule has 1 atom stereocenters.